The monoisotopic (exact) mass is 357 g/mol. The van der Waals surface area contributed by atoms with Crippen molar-refractivity contribution in [2.24, 2.45) is 5.92 Å². The fraction of sp³-hybridized carbons (Fsp3) is 0.500. The van der Waals surface area contributed by atoms with Gasteiger partial charge in [-0.05, 0) is 30.7 Å². The van der Waals surface area contributed by atoms with Crippen molar-refractivity contribution in [3.8, 4) is 0 Å². The van der Waals surface area contributed by atoms with Crippen molar-refractivity contribution < 1.29 is 26.6 Å². The van der Waals surface area contributed by atoms with Crippen molar-refractivity contribution in [3.05, 3.63) is 29.8 Å². The van der Waals surface area contributed by atoms with Gasteiger partial charge >= 0.3 is 16.2 Å². The number of anilines is 1. The Morgan fingerprint density at radius 1 is 1.33 bits per heavy atom. The Morgan fingerprint density at radius 3 is 2.58 bits per heavy atom. The van der Waals surface area contributed by atoms with Gasteiger partial charge in [0, 0.05) is 24.6 Å². The summed E-state index contributed by atoms with van der Waals surface area (Å²) in [6.07, 6.45) is 1.72. The normalized spacial score (nSPS) is 18.0. The molecule has 6 nitrogen and oxygen atoms in total. The molecule has 1 fully saturated rings. The van der Waals surface area contributed by atoms with Crippen molar-refractivity contribution in [1.29, 1.82) is 0 Å². The number of esters is 1. The van der Waals surface area contributed by atoms with Crippen LogP contribution in [0, 0.1) is 5.92 Å². The van der Waals surface area contributed by atoms with Gasteiger partial charge in [0.1, 0.15) is 0 Å². The smallest absolute Gasteiger partial charge is 0.338 e. The highest BCUT2D eigenvalue weighted by Gasteiger charge is 2.33. The zero-order chi connectivity index (χ0) is 17.7. The molecule has 1 amide bonds. The molecule has 0 aromatic heterocycles. The lowest BCUT2D eigenvalue weighted by Gasteiger charge is -2.16. The van der Waals surface area contributed by atoms with E-state index in [1.54, 1.807) is 24.3 Å². The van der Waals surface area contributed by atoms with Crippen molar-refractivity contribution in [2.75, 3.05) is 23.8 Å². The third kappa shape index (κ3) is 5.02. The summed E-state index contributed by atoms with van der Waals surface area (Å²) in [6.45, 7) is 2.50. The van der Waals surface area contributed by atoms with Crippen LogP contribution in [0.1, 0.15) is 36.5 Å². The quantitative estimate of drug-likeness (QED) is 0.425. The van der Waals surface area contributed by atoms with E-state index in [0.29, 0.717) is 17.9 Å². The van der Waals surface area contributed by atoms with Crippen LogP contribution in [0.15, 0.2) is 24.3 Å². The fourth-order valence-corrected chi connectivity index (χ4v) is 3.38. The van der Waals surface area contributed by atoms with E-state index in [1.165, 1.54) is 4.90 Å². The number of ether oxygens (including phenoxy) is 1. The Balaban J connectivity index is 2.00. The van der Waals surface area contributed by atoms with Gasteiger partial charge < -0.3 is 9.64 Å². The maximum Gasteiger partial charge on any atom is 0.338 e. The molecule has 1 unspecified atom stereocenters. The fourth-order valence-electron chi connectivity index (χ4n) is 2.59. The van der Waals surface area contributed by atoms with Crippen LogP contribution in [0.4, 0.5) is 9.57 Å². The Morgan fingerprint density at radius 2 is 2.00 bits per heavy atom. The van der Waals surface area contributed by atoms with Gasteiger partial charge in [0.05, 0.1) is 17.9 Å². The number of carbonyl (C=O) groups excluding carboxylic acids is 2. The number of amides is 1. The maximum absolute atomic E-state index is 12.8. The number of carbonyl (C=O) groups is 2. The molecule has 1 atom stereocenters. The summed E-state index contributed by atoms with van der Waals surface area (Å²) in [7, 11) is -4.61. The molecule has 1 aliphatic heterocycles. The van der Waals surface area contributed by atoms with Gasteiger partial charge in [-0.25, -0.2) is 4.79 Å². The molecule has 0 saturated carbocycles. The predicted molar refractivity (Wildman–Crippen MR) is 87.0 cm³/mol. The lowest BCUT2D eigenvalue weighted by Crippen LogP contribution is -2.25. The highest BCUT2D eigenvalue weighted by Crippen LogP contribution is 2.26. The second-order valence-electron chi connectivity index (χ2n) is 5.82. The lowest BCUT2D eigenvalue weighted by atomic mass is 10.1. The first kappa shape index (κ1) is 18.4. The predicted octanol–water partition coefficient (Wildman–Crippen LogP) is 2.30. The molecule has 2 rings (SSSR count). The number of rotatable bonds is 7. The summed E-state index contributed by atoms with van der Waals surface area (Å²) in [5, 5.41) is 0. The molecule has 1 aromatic rings. The SMILES string of the molecule is CCCCOC(=O)c1ccc(N2CC(CS(=O)(=O)F)CC2=O)cc1. The van der Waals surface area contributed by atoms with E-state index in [-0.39, 0.29) is 18.9 Å². The highest BCUT2D eigenvalue weighted by molar-refractivity contribution is 7.86. The lowest BCUT2D eigenvalue weighted by molar-refractivity contribution is -0.117. The topological polar surface area (TPSA) is 80.8 Å². The Bertz CT molecular complexity index is 702. The van der Waals surface area contributed by atoms with Crippen molar-refractivity contribution in [2.45, 2.75) is 26.2 Å². The third-order valence-corrected chi connectivity index (χ3v) is 4.66. The first-order valence-electron chi connectivity index (χ1n) is 7.80. The van der Waals surface area contributed by atoms with E-state index in [0.717, 1.165) is 12.8 Å². The molecular formula is C16H20FNO5S. The second kappa shape index (κ2) is 7.74. The summed E-state index contributed by atoms with van der Waals surface area (Å²) in [5.74, 6) is -1.91. The van der Waals surface area contributed by atoms with E-state index in [1.807, 2.05) is 6.92 Å². The number of nitrogens with zero attached hydrogens (tertiary/aromatic N) is 1. The summed E-state index contributed by atoms with van der Waals surface area (Å²) >= 11 is 0. The highest BCUT2D eigenvalue weighted by atomic mass is 32.3. The Kier molecular flexibility index (Phi) is 5.93. The number of benzene rings is 1. The number of halogens is 1. The average Bonchev–Trinajstić information content (AvgIpc) is 2.86. The Labute approximate surface area is 140 Å². The summed E-state index contributed by atoms with van der Waals surface area (Å²) in [5.41, 5.74) is 0.924. The van der Waals surface area contributed by atoms with Gasteiger partial charge in [-0.2, -0.15) is 8.42 Å². The van der Waals surface area contributed by atoms with Crippen LogP contribution in [-0.4, -0.2) is 39.2 Å². The largest absolute Gasteiger partial charge is 0.462 e. The standard InChI is InChI=1S/C16H20FNO5S/c1-2-3-8-23-16(20)13-4-6-14(7-5-13)18-10-12(9-15(18)19)11-24(17,21)22/h4-7,12H,2-3,8-11H2,1H3. The molecule has 132 valence electrons. The molecular weight excluding hydrogens is 337 g/mol. The van der Waals surface area contributed by atoms with Gasteiger partial charge in [-0.1, -0.05) is 13.3 Å². The maximum atomic E-state index is 12.8. The van der Waals surface area contributed by atoms with Gasteiger partial charge in [0.25, 0.3) is 0 Å². The molecule has 1 saturated heterocycles. The second-order valence-corrected chi connectivity index (χ2v) is 7.23. The third-order valence-electron chi connectivity index (χ3n) is 3.79. The summed E-state index contributed by atoms with van der Waals surface area (Å²) in [4.78, 5) is 25.2. The zero-order valence-corrected chi connectivity index (χ0v) is 14.2. The molecule has 1 aromatic carbocycles. The summed E-state index contributed by atoms with van der Waals surface area (Å²) < 4.78 is 39.3. The first-order chi connectivity index (χ1) is 11.3. The van der Waals surface area contributed by atoms with Crippen LogP contribution in [0.2, 0.25) is 0 Å². The van der Waals surface area contributed by atoms with Crippen LogP contribution >= 0.6 is 0 Å². The van der Waals surface area contributed by atoms with E-state index in [2.05, 4.69) is 0 Å². The van der Waals surface area contributed by atoms with Crippen molar-refractivity contribution in [1.82, 2.24) is 0 Å². The van der Waals surface area contributed by atoms with E-state index in [9.17, 15) is 21.9 Å². The van der Waals surface area contributed by atoms with Gasteiger partial charge in [0.2, 0.25) is 5.91 Å². The number of hydrogen-bond donors (Lipinski definition) is 0. The van der Waals surface area contributed by atoms with Crippen LogP contribution in [0.25, 0.3) is 0 Å². The molecule has 24 heavy (non-hydrogen) atoms. The molecule has 0 spiro atoms. The van der Waals surface area contributed by atoms with Crippen molar-refractivity contribution in [3.63, 3.8) is 0 Å². The first-order valence-corrected chi connectivity index (χ1v) is 9.35. The average molecular weight is 357 g/mol. The Hall–Kier alpha value is -1.96. The van der Waals surface area contributed by atoms with Gasteiger partial charge in [-0.15, -0.1) is 3.89 Å². The minimum absolute atomic E-state index is 0.00996. The van der Waals surface area contributed by atoms with Crippen LogP contribution in [0.5, 0.6) is 0 Å². The number of unbranched alkanes of at least 4 members (excludes halogenated alkanes) is 1. The van der Waals surface area contributed by atoms with Crippen LogP contribution in [0.3, 0.4) is 0 Å². The van der Waals surface area contributed by atoms with E-state index in [4.69, 9.17) is 4.74 Å². The molecule has 0 radical (unpaired) electrons. The van der Waals surface area contributed by atoms with Gasteiger partial charge in [0.15, 0.2) is 0 Å². The molecule has 8 heteroatoms. The minimum Gasteiger partial charge on any atom is -0.462 e. The van der Waals surface area contributed by atoms with Crippen molar-refractivity contribution >= 4 is 27.8 Å². The molecule has 1 aliphatic rings. The van der Waals surface area contributed by atoms with Crippen LogP contribution in [-0.2, 0) is 19.8 Å². The number of hydrogen-bond acceptors (Lipinski definition) is 5. The van der Waals surface area contributed by atoms with Gasteiger partial charge in [-0.3, -0.25) is 4.79 Å². The van der Waals surface area contributed by atoms with E-state index < -0.39 is 27.9 Å². The minimum atomic E-state index is -4.61. The molecule has 0 aliphatic carbocycles. The van der Waals surface area contributed by atoms with Crippen LogP contribution < -0.4 is 4.90 Å². The molecule has 1 heterocycles. The molecule has 0 bridgehead atoms. The summed E-state index contributed by atoms with van der Waals surface area (Å²) in [6, 6.07) is 6.30. The zero-order valence-electron chi connectivity index (χ0n) is 13.4. The van der Waals surface area contributed by atoms with E-state index >= 15 is 0 Å². The molecule has 0 N–H and O–H groups in total.